The van der Waals surface area contributed by atoms with E-state index in [9.17, 15) is 9.50 Å². The largest absolute Gasteiger partial charge is 0.388 e. The lowest BCUT2D eigenvalue weighted by atomic mass is 9.98. The third-order valence-electron chi connectivity index (χ3n) is 3.03. The maximum absolute atomic E-state index is 13.7. The molecular weight excluding hydrogens is 307 g/mol. The van der Waals surface area contributed by atoms with Gasteiger partial charge in [-0.2, -0.15) is 0 Å². The zero-order valence-corrected chi connectivity index (χ0v) is 12.5. The van der Waals surface area contributed by atoms with Crippen LogP contribution in [0.5, 0.6) is 0 Å². The van der Waals surface area contributed by atoms with Gasteiger partial charge in [-0.25, -0.2) is 4.39 Å². The first kappa shape index (κ1) is 14.2. The van der Waals surface area contributed by atoms with E-state index in [0.717, 1.165) is 21.2 Å². The van der Waals surface area contributed by atoms with E-state index in [0.29, 0.717) is 12.0 Å². The Morgan fingerprint density at radius 2 is 1.74 bits per heavy atom. The molecule has 0 fully saturated rings. The van der Waals surface area contributed by atoms with Gasteiger partial charge in [0.25, 0.3) is 0 Å². The predicted molar refractivity (Wildman–Crippen MR) is 78.7 cm³/mol. The molecule has 2 aromatic rings. The molecule has 0 saturated heterocycles. The Labute approximate surface area is 121 Å². The van der Waals surface area contributed by atoms with Crippen molar-refractivity contribution in [1.82, 2.24) is 0 Å². The number of hydrogen-bond donors (Lipinski definition) is 1. The number of hydrogen-bond acceptors (Lipinski definition) is 1. The van der Waals surface area contributed by atoms with Crippen LogP contribution in [0.3, 0.4) is 0 Å². The summed E-state index contributed by atoms with van der Waals surface area (Å²) in [4.78, 5) is 0. The fraction of sp³-hybridized carbons (Fsp3) is 0.250. The molecule has 0 aromatic heterocycles. The van der Waals surface area contributed by atoms with E-state index in [1.807, 2.05) is 26.0 Å². The Bertz CT molecular complexity index is 575. The zero-order chi connectivity index (χ0) is 14.0. The van der Waals surface area contributed by atoms with Crippen molar-refractivity contribution in [2.24, 2.45) is 0 Å². The van der Waals surface area contributed by atoms with Crippen LogP contribution in [0.25, 0.3) is 0 Å². The topological polar surface area (TPSA) is 20.2 Å². The lowest BCUT2D eigenvalue weighted by Crippen LogP contribution is -2.05. The van der Waals surface area contributed by atoms with Crippen LogP contribution >= 0.6 is 15.9 Å². The monoisotopic (exact) mass is 322 g/mol. The van der Waals surface area contributed by atoms with E-state index in [1.165, 1.54) is 6.07 Å². The van der Waals surface area contributed by atoms with Crippen molar-refractivity contribution < 1.29 is 9.50 Å². The molecule has 0 aliphatic heterocycles. The van der Waals surface area contributed by atoms with E-state index in [-0.39, 0.29) is 5.82 Å². The van der Waals surface area contributed by atoms with Gasteiger partial charge < -0.3 is 5.11 Å². The Hall–Kier alpha value is -1.19. The first-order chi connectivity index (χ1) is 8.95. The first-order valence-electron chi connectivity index (χ1n) is 6.16. The van der Waals surface area contributed by atoms with Crippen molar-refractivity contribution in [3.63, 3.8) is 0 Å². The van der Waals surface area contributed by atoms with Gasteiger partial charge in [-0.1, -0.05) is 45.3 Å². The van der Waals surface area contributed by atoms with E-state index in [1.54, 1.807) is 12.1 Å². The molecule has 3 heteroatoms. The van der Waals surface area contributed by atoms with Crippen molar-refractivity contribution in [2.75, 3.05) is 0 Å². The highest BCUT2D eigenvalue weighted by atomic mass is 79.9. The molecule has 0 heterocycles. The van der Waals surface area contributed by atoms with Crippen molar-refractivity contribution >= 4 is 15.9 Å². The van der Waals surface area contributed by atoms with Crippen LogP contribution in [0.2, 0.25) is 0 Å². The Kier molecular flexibility index (Phi) is 4.38. The number of aliphatic hydroxyl groups is 1. The van der Waals surface area contributed by atoms with Gasteiger partial charge in [-0.05, 0) is 37.6 Å². The fourth-order valence-corrected chi connectivity index (χ4v) is 2.67. The molecule has 0 radical (unpaired) electrons. The summed E-state index contributed by atoms with van der Waals surface area (Å²) in [5, 5.41) is 10.2. The summed E-state index contributed by atoms with van der Waals surface area (Å²) in [6.07, 6.45) is -0.422. The standard InChI is InChI=1S/C16H16BrFO/c1-10-5-11(2)7-12(6-10)8-16(19)14-9-13(17)3-4-15(14)18/h3-7,9,16,19H,8H2,1-2H3. The van der Waals surface area contributed by atoms with Crippen LogP contribution in [-0.4, -0.2) is 5.11 Å². The highest BCUT2D eigenvalue weighted by molar-refractivity contribution is 9.10. The molecule has 0 aliphatic rings. The van der Waals surface area contributed by atoms with Gasteiger partial charge in [0.2, 0.25) is 0 Å². The quantitative estimate of drug-likeness (QED) is 0.883. The van der Waals surface area contributed by atoms with E-state index in [4.69, 9.17) is 0 Å². The van der Waals surface area contributed by atoms with Crippen LogP contribution in [0.4, 0.5) is 4.39 Å². The van der Waals surface area contributed by atoms with Gasteiger partial charge in [0.1, 0.15) is 5.82 Å². The molecule has 1 N–H and O–H groups in total. The second-order valence-corrected chi connectivity index (χ2v) is 5.80. The molecule has 0 amide bonds. The molecule has 2 aromatic carbocycles. The summed E-state index contributed by atoms with van der Waals surface area (Å²) in [7, 11) is 0. The summed E-state index contributed by atoms with van der Waals surface area (Å²) >= 11 is 3.30. The van der Waals surface area contributed by atoms with Crippen molar-refractivity contribution in [3.8, 4) is 0 Å². The fourth-order valence-electron chi connectivity index (χ4n) is 2.29. The Morgan fingerprint density at radius 3 is 2.37 bits per heavy atom. The van der Waals surface area contributed by atoms with Crippen molar-refractivity contribution in [3.05, 3.63) is 68.9 Å². The number of benzene rings is 2. The molecule has 1 atom stereocenters. The molecule has 0 bridgehead atoms. The predicted octanol–water partition coefficient (Wildman–Crippen LogP) is 4.48. The van der Waals surface area contributed by atoms with Gasteiger partial charge in [0.05, 0.1) is 6.10 Å². The van der Waals surface area contributed by atoms with Crippen LogP contribution in [0.15, 0.2) is 40.9 Å². The van der Waals surface area contributed by atoms with Gasteiger partial charge in [0.15, 0.2) is 0 Å². The van der Waals surface area contributed by atoms with Crippen LogP contribution in [0.1, 0.15) is 28.4 Å². The maximum atomic E-state index is 13.7. The second kappa shape index (κ2) is 5.85. The molecule has 2 rings (SSSR count). The smallest absolute Gasteiger partial charge is 0.129 e. The first-order valence-corrected chi connectivity index (χ1v) is 6.95. The molecule has 100 valence electrons. The minimum absolute atomic E-state index is 0.327. The second-order valence-electron chi connectivity index (χ2n) is 4.88. The molecule has 0 spiro atoms. The van der Waals surface area contributed by atoms with E-state index < -0.39 is 6.10 Å². The highest BCUT2D eigenvalue weighted by Crippen LogP contribution is 2.25. The minimum Gasteiger partial charge on any atom is -0.388 e. The lowest BCUT2D eigenvalue weighted by molar-refractivity contribution is 0.173. The molecular formula is C16H16BrFO. The number of rotatable bonds is 3. The Balaban J connectivity index is 2.25. The molecule has 0 saturated carbocycles. The third-order valence-corrected chi connectivity index (χ3v) is 3.52. The summed E-state index contributed by atoms with van der Waals surface area (Å²) in [6, 6.07) is 10.7. The molecule has 0 aliphatic carbocycles. The lowest BCUT2D eigenvalue weighted by Gasteiger charge is -2.13. The minimum atomic E-state index is -0.835. The van der Waals surface area contributed by atoms with Gasteiger partial charge in [-0.15, -0.1) is 0 Å². The average Bonchev–Trinajstić information content (AvgIpc) is 2.30. The van der Waals surface area contributed by atoms with Crippen molar-refractivity contribution in [2.45, 2.75) is 26.4 Å². The molecule has 1 nitrogen and oxygen atoms in total. The van der Waals surface area contributed by atoms with Crippen LogP contribution in [-0.2, 0) is 6.42 Å². The van der Waals surface area contributed by atoms with Gasteiger partial charge >= 0.3 is 0 Å². The summed E-state index contributed by atoms with van der Waals surface area (Å²) in [5.74, 6) is -0.375. The van der Waals surface area contributed by atoms with E-state index >= 15 is 0 Å². The molecule has 19 heavy (non-hydrogen) atoms. The third kappa shape index (κ3) is 3.64. The van der Waals surface area contributed by atoms with E-state index in [2.05, 4.69) is 22.0 Å². The number of halogens is 2. The average molecular weight is 323 g/mol. The molecule has 1 unspecified atom stereocenters. The summed E-state index contributed by atoms with van der Waals surface area (Å²) in [6.45, 7) is 4.03. The maximum Gasteiger partial charge on any atom is 0.129 e. The highest BCUT2D eigenvalue weighted by Gasteiger charge is 2.14. The van der Waals surface area contributed by atoms with Crippen LogP contribution < -0.4 is 0 Å². The zero-order valence-electron chi connectivity index (χ0n) is 11.0. The SMILES string of the molecule is Cc1cc(C)cc(CC(O)c2cc(Br)ccc2F)c1. The summed E-state index contributed by atoms with van der Waals surface area (Å²) in [5.41, 5.74) is 3.65. The number of aliphatic hydroxyl groups excluding tert-OH is 1. The summed E-state index contributed by atoms with van der Waals surface area (Å²) < 4.78 is 14.5. The Morgan fingerprint density at radius 1 is 1.11 bits per heavy atom. The van der Waals surface area contributed by atoms with Crippen molar-refractivity contribution in [1.29, 1.82) is 0 Å². The van der Waals surface area contributed by atoms with Crippen LogP contribution in [0, 0.1) is 19.7 Å². The van der Waals surface area contributed by atoms with Gasteiger partial charge in [-0.3, -0.25) is 0 Å². The normalized spacial score (nSPS) is 12.5. The number of aryl methyl sites for hydroxylation is 2. The van der Waals surface area contributed by atoms with Gasteiger partial charge in [0, 0.05) is 16.5 Å².